The van der Waals surface area contributed by atoms with E-state index in [2.05, 4.69) is 32.4 Å². The molecule has 3 N–H and O–H groups in total. The molecule has 2 aromatic rings. The number of H-pyrrole nitrogens is 1. The van der Waals surface area contributed by atoms with E-state index in [1.165, 1.54) is 0 Å². The van der Waals surface area contributed by atoms with E-state index in [4.69, 9.17) is 0 Å². The Morgan fingerprint density at radius 2 is 2.00 bits per heavy atom. The topological polar surface area (TPSA) is 107 Å². The number of hydrogen-bond donors (Lipinski definition) is 3. The molecule has 1 aromatic heterocycles. The van der Waals surface area contributed by atoms with Crippen molar-refractivity contribution in [2.45, 2.75) is 57.9 Å². The Morgan fingerprint density at radius 3 is 2.73 bits per heavy atom. The molecule has 8 heteroatoms. The number of benzene rings is 1. The molecule has 158 valence electrons. The molecule has 2 atom stereocenters. The minimum absolute atomic E-state index is 0.0872. The van der Waals surface area contributed by atoms with Crippen LogP contribution in [0.2, 0.25) is 0 Å². The predicted octanol–water partition coefficient (Wildman–Crippen LogP) is 2.91. The van der Waals surface area contributed by atoms with Gasteiger partial charge in [-0.1, -0.05) is 24.6 Å². The van der Waals surface area contributed by atoms with Crippen LogP contribution in [0.1, 0.15) is 56.1 Å². The molecule has 0 spiro atoms. The predicted molar refractivity (Wildman–Crippen MR) is 116 cm³/mol. The van der Waals surface area contributed by atoms with Crippen LogP contribution in [-0.2, 0) is 9.59 Å². The molecule has 0 aliphatic carbocycles. The summed E-state index contributed by atoms with van der Waals surface area (Å²) >= 11 is 0. The summed E-state index contributed by atoms with van der Waals surface area (Å²) in [5.74, 6) is -0.941. The molecule has 8 nitrogen and oxygen atoms in total. The van der Waals surface area contributed by atoms with E-state index in [0.29, 0.717) is 17.7 Å². The van der Waals surface area contributed by atoms with E-state index in [1.54, 1.807) is 12.1 Å². The first-order chi connectivity index (χ1) is 14.5. The first-order valence-electron chi connectivity index (χ1n) is 10.5. The number of piperidine rings is 1. The van der Waals surface area contributed by atoms with Gasteiger partial charge in [0.15, 0.2) is 0 Å². The van der Waals surface area contributed by atoms with Crippen LogP contribution in [-0.4, -0.2) is 34.4 Å². The molecule has 2 aliphatic heterocycles. The summed E-state index contributed by atoms with van der Waals surface area (Å²) in [6.45, 7) is 4.89. The Morgan fingerprint density at radius 1 is 1.23 bits per heavy atom. The fourth-order valence-corrected chi connectivity index (χ4v) is 4.29. The van der Waals surface area contributed by atoms with Gasteiger partial charge < -0.3 is 15.5 Å². The van der Waals surface area contributed by atoms with Crippen molar-refractivity contribution in [3.8, 4) is 0 Å². The number of aromatic nitrogens is 2. The van der Waals surface area contributed by atoms with Gasteiger partial charge in [0.2, 0.25) is 17.8 Å². The number of fused-ring (bicyclic) bond motifs is 1. The van der Waals surface area contributed by atoms with Gasteiger partial charge in [-0.15, -0.1) is 0 Å². The van der Waals surface area contributed by atoms with Crippen molar-refractivity contribution in [3.05, 3.63) is 45.7 Å². The lowest BCUT2D eigenvalue weighted by Gasteiger charge is -2.36. The molecule has 1 saturated heterocycles. The van der Waals surface area contributed by atoms with Gasteiger partial charge in [0.1, 0.15) is 5.82 Å². The van der Waals surface area contributed by atoms with Gasteiger partial charge in [-0.2, -0.15) is 4.98 Å². The van der Waals surface area contributed by atoms with E-state index in [0.717, 1.165) is 37.8 Å². The van der Waals surface area contributed by atoms with Crippen LogP contribution in [0.5, 0.6) is 0 Å². The molecule has 2 aliphatic rings. The van der Waals surface area contributed by atoms with Crippen LogP contribution < -0.4 is 21.1 Å². The van der Waals surface area contributed by atoms with Crippen molar-refractivity contribution in [2.75, 3.05) is 22.1 Å². The fourth-order valence-electron chi connectivity index (χ4n) is 4.29. The molecular weight excluding hydrogens is 382 g/mol. The maximum absolute atomic E-state index is 13.0. The zero-order chi connectivity index (χ0) is 21.3. The fraction of sp³-hybridized carbons (Fsp3) is 0.455. The summed E-state index contributed by atoms with van der Waals surface area (Å²) in [4.78, 5) is 47.7. The van der Waals surface area contributed by atoms with Crippen LogP contribution in [0.3, 0.4) is 0 Å². The number of nitrogens with one attached hydrogen (secondary N) is 3. The zero-order valence-corrected chi connectivity index (χ0v) is 17.3. The Kier molecular flexibility index (Phi) is 5.57. The molecule has 1 aromatic carbocycles. The van der Waals surface area contributed by atoms with Crippen molar-refractivity contribution in [3.63, 3.8) is 0 Å². The second kappa shape index (κ2) is 8.30. The van der Waals surface area contributed by atoms with Crippen LogP contribution in [0.15, 0.2) is 29.1 Å². The third kappa shape index (κ3) is 3.94. The lowest BCUT2D eigenvalue weighted by molar-refractivity contribution is -0.123. The summed E-state index contributed by atoms with van der Waals surface area (Å²) in [5, 5.41) is 5.50. The number of carbonyl (C=O) groups is 2. The van der Waals surface area contributed by atoms with Crippen LogP contribution in [0.4, 0.5) is 17.5 Å². The number of carbonyl (C=O) groups excluding carboxylic acids is 2. The highest BCUT2D eigenvalue weighted by atomic mass is 16.2. The second-order valence-electron chi connectivity index (χ2n) is 8.06. The van der Waals surface area contributed by atoms with Crippen molar-refractivity contribution in [1.82, 2.24) is 9.97 Å². The molecule has 0 bridgehead atoms. The number of rotatable bonds is 4. The molecular formula is C22H27N5O3. The van der Waals surface area contributed by atoms with E-state index >= 15 is 0 Å². The monoisotopic (exact) mass is 409 g/mol. The Bertz CT molecular complexity index is 1010. The largest absolute Gasteiger partial charge is 0.339 e. The number of aryl methyl sites for hydroxylation is 1. The highest BCUT2D eigenvalue weighted by molar-refractivity contribution is 6.04. The van der Waals surface area contributed by atoms with Gasteiger partial charge in [-0.05, 0) is 44.7 Å². The lowest BCUT2D eigenvalue weighted by atomic mass is 9.92. The molecule has 0 saturated carbocycles. The highest BCUT2D eigenvalue weighted by Crippen LogP contribution is 2.31. The van der Waals surface area contributed by atoms with Crippen molar-refractivity contribution in [2.24, 2.45) is 0 Å². The quantitative estimate of drug-likeness (QED) is 0.720. The Labute approximate surface area is 175 Å². The van der Waals surface area contributed by atoms with Gasteiger partial charge >= 0.3 is 0 Å². The molecule has 1 fully saturated rings. The maximum Gasteiger partial charge on any atom is 0.258 e. The minimum atomic E-state index is -0.885. The van der Waals surface area contributed by atoms with Crippen LogP contribution in [0.25, 0.3) is 0 Å². The molecule has 2 unspecified atom stereocenters. The summed E-state index contributed by atoms with van der Waals surface area (Å²) in [5.41, 5.74) is 1.54. The normalized spacial score (nSPS) is 21.0. The van der Waals surface area contributed by atoms with Gasteiger partial charge in [0.05, 0.1) is 11.5 Å². The zero-order valence-electron chi connectivity index (χ0n) is 17.3. The van der Waals surface area contributed by atoms with Gasteiger partial charge in [-0.3, -0.25) is 19.4 Å². The molecule has 3 heterocycles. The number of hydrogen-bond acceptors (Lipinski definition) is 5. The third-order valence-electron chi connectivity index (χ3n) is 5.94. The number of aromatic amines is 1. The molecule has 4 rings (SSSR count). The Hall–Kier alpha value is -3.16. The third-order valence-corrected chi connectivity index (χ3v) is 5.94. The number of anilines is 3. The van der Waals surface area contributed by atoms with E-state index in [1.807, 2.05) is 19.1 Å². The standard InChI is InChI=1S/C22H27N5O3/c1-3-15-6-4-5-11-27(15)22-25-19-18(21(30)26-22)16(12-17(28)24-19)20(29)23-14-9-7-13(2)8-10-14/h7-10,15-16H,3-6,11-12H2,1-2H3,(H,23,29)(H2,24,25,26,28,30). The summed E-state index contributed by atoms with van der Waals surface area (Å²) < 4.78 is 0. The average Bonchev–Trinajstić information content (AvgIpc) is 2.74. The van der Waals surface area contributed by atoms with Crippen molar-refractivity contribution in [1.29, 1.82) is 0 Å². The smallest absolute Gasteiger partial charge is 0.258 e. The maximum atomic E-state index is 13.0. The SMILES string of the molecule is CCC1CCCCN1c1nc2c(c(=O)[nH]1)C(C(=O)Nc1ccc(C)cc1)CC(=O)N2. The van der Waals surface area contributed by atoms with Gasteiger partial charge in [0.25, 0.3) is 5.56 Å². The van der Waals surface area contributed by atoms with Gasteiger partial charge in [0, 0.05) is 24.7 Å². The number of nitrogens with zero attached hydrogens (tertiary/aromatic N) is 2. The van der Waals surface area contributed by atoms with Crippen LogP contribution >= 0.6 is 0 Å². The van der Waals surface area contributed by atoms with Crippen molar-refractivity contribution < 1.29 is 9.59 Å². The van der Waals surface area contributed by atoms with Gasteiger partial charge in [-0.25, -0.2) is 0 Å². The molecule has 2 amide bonds. The average molecular weight is 409 g/mol. The first-order valence-corrected chi connectivity index (χ1v) is 10.5. The van der Waals surface area contributed by atoms with E-state index < -0.39 is 5.92 Å². The van der Waals surface area contributed by atoms with E-state index in [9.17, 15) is 14.4 Å². The van der Waals surface area contributed by atoms with Crippen molar-refractivity contribution >= 4 is 29.3 Å². The minimum Gasteiger partial charge on any atom is -0.339 e. The molecule has 30 heavy (non-hydrogen) atoms. The summed E-state index contributed by atoms with van der Waals surface area (Å²) in [6, 6.07) is 7.68. The Balaban J connectivity index is 1.65. The second-order valence-corrected chi connectivity index (χ2v) is 8.06. The molecule has 0 radical (unpaired) electrons. The number of amides is 2. The first kappa shape index (κ1) is 20.1. The summed E-state index contributed by atoms with van der Waals surface area (Å²) in [6.07, 6.45) is 4.10. The highest BCUT2D eigenvalue weighted by Gasteiger charge is 2.35. The summed E-state index contributed by atoms with van der Waals surface area (Å²) in [7, 11) is 0. The van der Waals surface area contributed by atoms with Crippen LogP contribution in [0, 0.1) is 6.92 Å². The lowest BCUT2D eigenvalue weighted by Crippen LogP contribution is -2.43. The van der Waals surface area contributed by atoms with E-state index in [-0.39, 0.29) is 35.2 Å².